The first-order valence-electron chi connectivity index (χ1n) is 4.36. The second kappa shape index (κ2) is 3.35. The van der Waals surface area contributed by atoms with Gasteiger partial charge in [-0.25, -0.2) is 0 Å². The van der Waals surface area contributed by atoms with Crippen molar-refractivity contribution in [1.29, 1.82) is 0 Å². The van der Waals surface area contributed by atoms with E-state index < -0.39 is 0 Å². The average molecular weight is 188 g/mol. The molecule has 2 rings (SSSR count). The summed E-state index contributed by atoms with van der Waals surface area (Å²) in [6.07, 6.45) is 0. The summed E-state index contributed by atoms with van der Waals surface area (Å²) in [5.74, 6) is 0. The number of aryl methyl sites for hydroxylation is 2. The molecule has 1 heterocycles. The zero-order valence-electron chi connectivity index (χ0n) is 7.87. The summed E-state index contributed by atoms with van der Waals surface area (Å²) in [5.41, 5.74) is 5.33. The van der Waals surface area contributed by atoms with Crippen molar-refractivity contribution in [2.24, 2.45) is 0 Å². The van der Waals surface area contributed by atoms with Crippen LogP contribution in [0.1, 0.15) is 11.1 Å². The Morgan fingerprint density at radius 1 is 0.923 bits per heavy atom. The molecule has 0 saturated heterocycles. The lowest BCUT2D eigenvalue weighted by Gasteiger charge is -2.02. The van der Waals surface area contributed by atoms with Gasteiger partial charge in [0.2, 0.25) is 0 Å². The van der Waals surface area contributed by atoms with Crippen LogP contribution in [-0.2, 0) is 0 Å². The van der Waals surface area contributed by atoms with Crippen LogP contribution in [0.3, 0.4) is 0 Å². The average Bonchev–Trinajstić information content (AvgIpc) is 2.53. The molecule has 0 atom stereocenters. The van der Waals surface area contributed by atoms with Gasteiger partial charge in [-0.15, -0.1) is 0 Å². The van der Waals surface area contributed by atoms with Gasteiger partial charge in [0.15, 0.2) is 0 Å². The van der Waals surface area contributed by atoms with Crippen LogP contribution in [0.25, 0.3) is 11.1 Å². The lowest BCUT2D eigenvalue weighted by atomic mass is 10.0. The van der Waals surface area contributed by atoms with Crippen LogP contribution in [0.15, 0.2) is 35.0 Å². The Balaban J connectivity index is 2.53. The first kappa shape index (κ1) is 8.52. The fourth-order valence-corrected chi connectivity index (χ4v) is 2.24. The zero-order chi connectivity index (χ0) is 9.26. The van der Waals surface area contributed by atoms with E-state index in [1.54, 1.807) is 11.3 Å². The molecule has 0 N–H and O–H groups in total. The van der Waals surface area contributed by atoms with Gasteiger partial charge in [0, 0.05) is 0 Å². The molecule has 66 valence electrons. The Labute approximate surface area is 82.9 Å². The highest BCUT2D eigenvalue weighted by molar-refractivity contribution is 7.08. The third-order valence-corrected chi connectivity index (χ3v) is 2.76. The largest absolute Gasteiger partial charge is 0.152 e. The summed E-state index contributed by atoms with van der Waals surface area (Å²) in [7, 11) is 0. The Bertz CT molecular complexity index is 379. The highest BCUT2D eigenvalue weighted by Gasteiger charge is 1.98. The van der Waals surface area contributed by atoms with E-state index in [9.17, 15) is 0 Å². The highest BCUT2D eigenvalue weighted by atomic mass is 32.1. The van der Waals surface area contributed by atoms with Crippen LogP contribution in [0.5, 0.6) is 0 Å². The molecule has 0 spiro atoms. The Kier molecular flexibility index (Phi) is 2.19. The predicted molar refractivity (Wildman–Crippen MR) is 59.2 cm³/mol. The van der Waals surface area contributed by atoms with Gasteiger partial charge in [0.1, 0.15) is 0 Å². The maximum Gasteiger partial charge on any atom is -0.00147 e. The van der Waals surface area contributed by atoms with Crippen LogP contribution in [0.4, 0.5) is 0 Å². The molecule has 1 aromatic carbocycles. The zero-order valence-corrected chi connectivity index (χ0v) is 8.69. The summed E-state index contributed by atoms with van der Waals surface area (Å²) < 4.78 is 0. The topological polar surface area (TPSA) is 0 Å². The SMILES string of the molecule is Cc1cc(C)cc(-c2ccsc2)c1. The van der Waals surface area contributed by atoms with Crippen LogP contribution < -0.4 is 0 Å². The summed E-state index contributed by atoms with van der Waals surface area (Å²) in [4.78, 5) is 0. The molecule has 0 radical (unpaired) electrons. The van der Waals surface area contributed by atoms with Gasteiger partial charge in [0.25, 0.3) is 0 Å². The van der Waals surface area contributed by atoms with E-state index >= 15 is 0 Å². The van der Waals surface area contributed by atoms with Gasteiger partial charge >= 0.3 is 0 Å². The molecule has 13 heavy (non-hydrogen) atoms. The minimum atomic E-state index is 1.33. The number of hydrogen-bond acceptors (Lipinski definition) is 1. The molecule has 0 bridgehead atoms. The van der Waals surface area contributed by atoms with Gasteiger partial charge in [-0.1, -0.05) is 29.3 Å². The number of rotatable bonds is 1. The number of hydrogen-bond donors (Lipinski definition) is 0. The second-order valence-electron chi connectivity index (χ2n) is 3.39. The van der Waals surface area contributed by atoms with E-state index in [1.165, 1.54) is 22.3 Å². The molecule has 0 aliphatic heterocycles. The Hall–Kier alpha value is -1.08. The van der Waals surface area contributed by atoms with Crippen molar-refractivity contribution in [3.05, 3.63) is 46.2 Å². The fraction of sp³-hybridized carbons (Fsp3) is 0.167. The van der Waals surface area contributed by atoms with Crippen molar-refractivity contribution >= 4 is 11.3 Å². The third-order valence-electron chi connectivity index (χ3n) is 2.08. The van der Waals surface area contributed by atoms with E-state index in [0.717, 1.165) is 0 Å². The number of benzene rings is 1. The standard InChI is InChI=1S/C12H12S/c1-9-5-10(2)7-12(6-9)11-3-4-13-8-11/h3-8H,1-2H3. The lowest BCUT2D eigenvalue weighted by Crippen LogP contribution is -1.80. The van der Waals surface area contributed by atoms with Crippen molar-refractivity contribution in [2.45, 2.75) is 13.8 Å². The van der Waals surface area contributed by atoms with Crippen molar-refractivity contribution in [3.8, 4) is 11.1 Å². The molecule has 1 heteroatoms. The Morgan fingerprint density at radius 2 is 1.62 bits per heavy atom. The molecule has 2 aromatic rings. The van der Waals surface area contributed by atoms with Crippen molar-refractivity contribution in [1.82, 2.24) is 0 Å². The van der Waals surface area contributed by atoms with Gasteiger partial charge in [-0.3, -0.25) is 0 Å². The van der Waals surface area contributed by atoms with Gasteiger partial charge in [-0.2, -0.15) is 11.3 Å². The predicted octanol–water partition coefficient (Wildman–Crippen LogP) is 4.03. The molecule has 0 aliphatic carbocycles. The first-order chi connectivity index (χ1) is 6.25. The summed E-state index contributed by atoms with van der Waals surface area (Å²) in [6.45, 7) is 4.28. The first-order valence-corrected chi connectivity index (χ1v) is 5.31. The van der Waals surface area contributed by atoms with E-state index in [0.29, 0.717) is 0 Å². The minimum Gasteiger partial charge on any atom is -0.152 e. The van der Waals surface area contributed by atoms with Gasteiger partial charge in [-0.05, 0) is 41.8 Å². The third kappa shape index (κ3) is 1.81. The number of thiophene rings is 1. The second-order valence-corrected chi connectivity index (χ2v) is 4.17. The van der Waals surface area contributed by atoms with E-state index in [-0.39, 0.29) is 0 Å². The molecule has 1 aromatic heterocycles. The van der Waals surface area contributed by atoms with Crippen LogP contribution in [-0.4, -0.2) is 0 Å². The summed E-state index contributed by atoms with van der Waals surface area (Å²) >= 11 is 1.75. The van der Waals surface area contributed by atoms with Gasteiger partial charge < -0.3 is 0 Å². The van der Waals surface area contributed by atoms with Gasteiger partial charge in [0.05, 0.1) is 0 Å². The van der Waals surface area contributed by atoms with E-state index in [1.807, 2.05) is 0 Å². The van der Waals surface area contributed by atoms with E-state index in [2.05, 4.69) is 48.9 Å². The van der Waals surface area contributed by atoms with Crippen LogP contribution in [0.2, 0.25) is 0 Å². The molecular weight excluding hydrogens is 176 g/mol. The monoisotopic (exact) mass is 188 g/mol. The maximum atomic E-state index is 2.23. The smallest absolute Gasteiger partial charge is 0.00147 e. The minimum absolute atomic E-state index is 1.33. The molecule has 0 unspecified atom stereocenters. The van der Waals surface area contributed by atoms with Crippen molar-refractivity contribution < 1.29 is 0 Å². The maximum absolute atomic E-state index is 2.23. The van der Waals surface area contributed by atoms with Crippen molar-refractivity contribution in [3.63, 3.8) is 0 Å². The highest BCUT2D eigenvalue weighted by Crippen LogP contribution is 2.24. The molecule has 0 saturated carbocycles. The van der Waals surface area contributed by atoms with E-state index in [4.69, 9.17) is 0 Å². The van der Waals surface area contributed by atoms with Crippen LogP contribution >= 0.6 is 11.3 Å². The summed E-state index contributed by atoms with van der Waals surface area (Å²) in [5, 5.41) is 4.31. The fourth-order valence-electron chi connectivity index (χ4n) is 1.57. The van der Waals surface area contributed by atoms with Crippen LogP contribution in [0, 0.1) is 13.8 Å². The van der Waals surface area contributed by atoms with Crippen molar-refractivity contribution in [2.75, 3.05) is 0 Å². The molecule has 0 aliphatic rings. The quantitative estimate of drug-likeness (QED) is 0.633. The Morgan fingerprint density at radius 3 is 2.15 bits per heavy atom. The molecular formula is C12H12S. The lowest BCUT2D eigenvalue weighted by molar-refractivity contribution is 1.39. The molecule has 0 fully saturated rings. The normalized spacial score (nSPS) is 10.3. The summed E-state index contributed by atoms with van der Waals surface area (Å²) in [6, 6.07) is 8.83. The molecule has 0 amide bonds. The molecule has 0 nitrogen and oxygen atoms in total.